The van der Waals surface area contributed by atoms with Crippen molar-refractivity contribution < 1.29 is 14.3 Å². The first-order valence-electron chi connectivity index (χ1n) is 13.3. The first-order valence-corrected chi connectivity index (χ1v) is 13.3. The predicted molar refractivity (Wildman–Crippen MR) is 166 cm³/mol. The molecule has 3 aromatic heterocycles. The summed E-state index contributed by atoms with van der Waals surface area (Å²) < 4.78 is 13.2. The third-order valence-electron chi connectivity index (χ3n) is 5.74. The van der Waals surface area contributed by atoms with E-state index in [0.29, 0.717) is 47.5 Å². The Morgan fingerprint density at radius 3 is 2.23 bits per heavy atom. The zero-order valence-electron chi connectivity index (χ0n) is 23.9. The van der Waals surface area contributed by atoms with E-state index in [4.69, 9.17) is 5.11 Å². The molecule has 13 nitrogen and oxygen atoms in total. The van der Waals surface area contributed by atoms with Crippen LogP contribution in [0.15, 0.2) is 62.1 Å². The molecule has 1 aliphatic heterocycles. The van der Waals surface area contributed by atoms with Gasteiger partial charge < -0.3 is 26.0 Å². The number of carbonyl (C=O) groups is 1. The summed E-state index contributed by atoms with van der Waals surface area (Å²) in [6.07, 6.45) is 17.7. The average molecular weight is 590 g/mol. The monoisotopic (exact) mass is 589 g/mol. The van der Waals surface area contributed by atoms with Crippen LogP contribution in [0.3, 0.4) is 0 Å². The number of rotatable bonds is 8. The van der Waals surface area contributed by atoms with Crippen molar-refractivity contribution in [2.75, 3.05) is 41.0 Å². The van der Waals surface area contributed by atoms with Gasteiger partial charge in [0.05, 0.1) is 6.20 Å². The fraction of sp³-hybridized carbons (Fsp3) is 0.276. The zero-order chi connectivity index (χ0) is 31.5. The topological polar surface area (TPSA) is 170 Å². The lowest BCUT2D eigenvalue weighted by molar-refractivity contribution is -0.105. The van der Waals surface area contributed by atoms with Gasteiger partial charge in [-0.3, -0.25) is 14.9 Å². The van der Waals surface area contributed by atoms with Crippen LogP contribution in [0, 0.1) is 18.7 Å². The molecule has 0 atom stereocenters. The fourth-order valence-corrected chi connectivity index (χ4v) is 3.75. The first-order chi connectivity index (χ1) is 21.2. The Hall–Kier alpha value is -5.42. The van der Waals surface area contributed by atoms with Crippen LogP contribution in [0.2, 0.25) is 0 Å². The number of amides is 1. The predicted octanol–water partition coefficient (Wildman–Crippen LogP) is 4.40. The molecule has 0 spiro atoms. The quantitative estimate of drug-likeness (QED) is 0.112. The average Bonchev–Trinajstić information content (AvgIpc) is 3.55. The van der Waals surface area contributed by atoms with E-state index in [1.54, 1.807) is 12.1 Å². The molecule has 1 aliphatic carbocycles. The Balaban J connectivity index is 0.000000362. The van der Waals surface area contributed by atoms with Gasteiger partial charge in [-0.1, -0.05) is 0 Å². The van der Waals surface area contributed by atoms with Gasteiger partial charge in [-0.25, -0.2) is 9.37 Å². The van der Waals surface area contributed by atoms with Crippen LogP contribution in [0.4, 0.5) is 39.6 Å². The number of aromatic amines is 1. The maximum absolute atomic E-state index is 13.2. The molecule has 1 saturated heterocycles. The second kappa shape index (κ2) is 18.8. The number of anilines is 6. The van der Waals surface area contributed by atoms with Crippen molar-refractivity contribution in [3.8, 4) is 12.8 Å². The van der Waals surface area contributed by atoms with Crippen LogP contribution in [0.1, 0.15) is 37.3 Å². The third kappa shape index (κ3) is 11.2. The van der Waals surface area contributed by atoms with Crippen LogP contribution in [0.5, 0.6) is 0 Å². The Bertz CT molecular complexity index is 1370. The highest BCUT2D eigenvalue weighted by atomic mass is 19.1. The second-order valence-corrected chi connectivity index (χ2v) is 8.57. The van der Waals surface area contributed by atoms with Crippen molar-refractivity contribution in [2.45, 2.75) is 31.6 Å². The van der Waals surface area contributed by atoms with Gasteiger partial charge >= 0.3 is 0 Å². The van der Waals surface area contributed by atoms with Crippen molar-refractivity contribution in [1.29, 1.82) is 0 Å². The molecule has 0 bridgehead atoms. The third-order valence-corrected chi connectivity index (χ3v) is 5.74. The molecular formula is C29H36FN11O2. The van der Waals surface area contributed by atoms with Crippen LogP contribution in [-0.4, -0.2) is 66.8 Å². The van der Waals surface area contributed by atoms with Crippen molar-refractivity contribution in [1.82, 2.24) is 35.1 Å². The van der Waals surface area contributed by atoms with Crippen molar-refractivity contribution in [3.05, 3.63) is 73.6 Å². The van der Waals surface area contributed by atoms with Crippen LogP contribution >= 0.6 is 0 Å². The van der Waals surface area contributed by atoms with Gasteiger partial charge in [-0.15, -0.1) is 26.0 Å². The molecule has 226 valence electrons. The van der Waals surface area contributed by atoms with Gasteiger partial charge in [0.1, 0.15) is 5.82 Å². The summed E-state index contributed by atoms with van der Waals surface area (Å²) in [7, 11) is 1.00. The number of aliphatic hydroxyl groups is 1. The number of terminal acetylenes is 1. The number of benzene rings is 1. The Labute approximate surface area is 250 Å². The van der Waals surface area contributed by atoms with E-state index >= 15 is 0 Å². The van der Waals surface area contributed by atoms with E-state index in [-0.39, 0.29) is 5.82 Å². The zero-order valence-corrected chi connectivity index (χ0v) is 23.9. The highest BCUT2D eigenvalue weighted by Gasteiger charge is 2.26. The number of carbonyl (C=O) groups excluding carboxylic acids is 1. The lowest BCUT2D eigenvalue weighted by atomic mass is 10.3. The van der Waals surface area contributed by atoms with Crippen LogP contribution in [0.25, 0.3) is 0 Å². The molecule has 2 fully saturated rings. The van der Waals surface area contributed by atoms with E-state index < -0.39 is 0 Å². The Morgan fingerprint density at radius 2 is 1.65 bits per heavy atom. The van der Waals surface area contributed by atoms with E-state index in [1.165, 1.54) is 43.6 Å². The number of nitrogens with zero attached hydrogens (tertiary/aromatic N) is 7. The number of H-pyrrole nitrogens is 1. The van der Waals surface area contributed by atoms with E-state index in [9.17, 15) is 9.18 Å². The highest BCUT2D eigenvalue weighted by Crippen LogP contribution is 2.39. The summed E-state index contributed by atoms with van der Waals surface area (Å²) >= 11 is 0. The number of halogens is 1. The van der Waals surface area contributed by atoms with Gasteiger partial charge in [-0.2, -0.15) is 20.1 Å². The van der Waals surface area contributed by atoms with E-state index in [2.05, 4.69) is 82.0 Å². The minimum Gasteiger partial charge on any atom is -0.400 e. The molecule has 1 saturated carbocycles. The van der Waals surface area contributed by atoms with Crippen LogP contribution in [-0.2, 0) is 4.79 Å². The molecular weight excluding hydrogens is 553 g/mol. The van der Waals surface area contributed by atoms with Gasteiger partial charge in [0.25, 0.3) is 0 Å². The maximum Gasteiger partial charge on any atom is 0.235 e. The molecule has 6 rings (SSSR count). The molecule has 1 amide bonds. The lowest BCUT2D eigenvalue weighted by Crippen LogP contribution is -2.21. The largest absolute Gasteiger partial charge is 0.400 e. The number of aliphatic hydroxyl groups excluding tert-OH is 1. The van der Waals surface area contributed by atoms with Gasteiger partial charge in [0, 0.05) is 56.0 Å². The number of aromatic nitrogens is 7. The summed E-state index contributed by atoms with van der Waals surface area (Å²) in [5, 5.41) is 23.0. The van der Waals surface area contributed by atoms with Gasteiger partial charge in [0.15, 0.2) is 11.6 Å². The van der Waals surface area contributed by atoms with E-state index in [1.807, 2.05) is 6.07 Å². The molecule has 2 aliphatic rings. The standard InChI is InChI=1S/C19H21FN8.C5H5N3O.C2H4.C2H2.CH4O/c20-13-5-7-14(8-6-13)21-17-23-18(25-19(24-17)28-9-1-2-10-28)22-16-11-15(26-27-16)12-3-4-12;9-4-8-5-3-6-1-2-7-5;3*1-2/h5-8,11-12H,1-4,9-10H2,(H3,21,22,23,24,25,26,27);1-4H,(H,7,8,9);1-2H2;1-2H;2H,1H3. The van der Waals surface area contributed by atoms with Gasteiger partial charge in [0.2, 0.25) is 24.3 Å². The molecule has 4 heterocycles. The Morgan fingerprint density at radius 1 is 1.00 bits per heavy atom. The molecule has 1 aromatic carbocycles. The van der Waals surface area contributed by atoms with Gasteiger partial charge in [-0.05, 0) is 49.9 Å². The normalized spacial score (nSPS) is 12.7. The Kier molecular flexibility index (Phi) is 14.8. The molecule has 5 N–H and O–H groups in total. The minimum atomic E-state index is -0.286. The highest BCUT2D eigenvalue weighted by molar-refractivity contribution is 5.67. The van der Waals surface area contributed by atoms with Crippen LogP contribution < -0.4 is 20.9 Å². The van der Waals surface area contributed by atoms with Crippen molar-refractivity contribution in [2.24, 2.45) is 0 Å². The van der Waals surface area contributed by atoms with Crippen molar-refractivity contribution in [3.63, 3.8) is 0 Å². The maximum atomic E-state index is 13.2. The summed E-state index contributed by atoms with van der Waals surface area (Å²) in [4.78, 5) is 33.0. The number of hydrogen-bond donors (Lipinski definition) is 5. The molecule has 0 radical (unpaired) electrons. The summed E-state index contributed by atoms with van der Waals surface area (Å²) in [5.41, 5.74) is 1.85. The van der Waals surface area contributed by atoms with Crippen molar-refractivity contribution >= 4 is 41.6 Å². The first kappa shape index (κ1) is 33.8. The summed E-state index contributed by atoms with van der Waals surface area (Å²) in [6.45, 7) is 7.85. The molecule has 14 heteroatoms. The molecule has 43 heavy (non-hydrogen) atoms. The van der Waals surface area contributed by atoms with E-state index in [0.717, 1.165) is 38.7 Å². The fourth-order valence-electron chi connectivity index (χ4n) is 3.75. The smallest absolute Gasteiger partial charge is 0.235 e. The summed E-state index contributed by atoms with van der Waals surface area (Å²) in [5.74, 6) is 2.92. The lowest BCUT2D eigenvalue weighted by Gasteiger charge is -2.17. The molecule has 4 aromatic rings. The summed E-state index contributed by atoms with van der Waals surface area (Å²) in [6, 6.07) is 8.10. The second-order valence-electron chi connectivity index (χ2n) is 8.57. The molecule has 0 unspecified atom stereocenters. The number of hydrogen-bond acceptors (Lipinski definition) is 11. The number of nitrogens with one attached hydrogen (secondary N) is 4. The minimum absolute atomic E-state index is 0.286. The SMILES string of the molecule is C#C.C=C.CO.Fc1ccc(Nc2nc(Nc3cc(C4CC4)[nH]n3)nc(N3CCCC3)n2)cc1.O=CNc1cnccn1.